The molecule has 1 unspecified atom stereocenters. The summed E-state index contributed by atoms with van der Waals surface area (Å²) >= 11 is 6.42. The molecule has 0 aliphatic carbocycles. The van der Waals surface area contributed by atoms with E-state index < -0.39 is 0 Å². The third-order valence-electron chi connectivity index (χ3n) is 3.87. The van der Waals surface area contributed by atoms with Crippen LogP contribution in [0, 0.1) is 6.92 Å². The van der Waals surface area contributed by atoms with Gasteiger partial charge in [-0.1, -0.05) is 18.5 Å². The molecule has 2 heterocycles. The molecule has 0 spiro atoms. The van der Waals surface area contributed by atoms with E-state index in [9.17, 15) is 0 Å². The second-order valence-corrected chi connectivity index (χ2v) is 5.66. The first-order chi connectivity index (χ1) is 9.17. The fraction of sp³-hybridized carbons (Fsp3) is 0.786. The molecule has 1 saturated heterocycles. The van der Waals surface area contributed by atoms with Crippen LogP contribution in [0.4, 0.5) is 0 Å². The Bertz CT molecular complexity index is 410. The molecule has 108 valence electrons. The SMILES string of the molecule is CCCN(Cc1c(Cl)c(C)nn1CC)C1CCNC1. The highest BCUT2D eigenvalue weighted by Crippen LogP contribution is 2.23. The monoisotopic (exact) mass is 284 g/mol. The van der Waals surface area contributed by atoms with Crippen molar-refractivity contribution in [2.75, 3.05) is 19.6 Å². The average Bonchev–Trinajstić information content (AvgIpc) is 3.01. The third-order valence-corrected chi connectivity index (χ3v) is 4.36. The predicted octanol–water partition coefficient (Wildman–Crippen LogP) is 2.44. The topological polar surface area (TPSA) is 33.1 Å². The summed E-state index contributed by atoms with van der Waals surface area (Å²) in [7, 11) is 0. The van der Waals surface area contributed by atoms with Crippen molar-refractivity contribution >= 4 is 11.6 Å². The van der Waals surface area contributed by atoms with Crippen LogP contribution in [0.3, 0.4) is 0 Å². The first-order valence-electron chi connectivity index (χ1n) is 7.33. The largest absolute Gasteiger partial charge is 0.315 e. The second kappa shape index (κ2) is 6.73. The lowest BCUT2D eigenvalue weighted by atomic mass is 10.2. The Hall–Kier alpha value is -0.580. The van der Waals surface area contributed by atoms with Crippen molar-refractivity contribution in [2.24, 2.45) is 0 Å². The Morgan fingerprint density at radius 3 is 2.84 bits per heavy atom. The molecule has 1 fully saturated rings. The Kier molecular flexibility index (Phi) is 5.25. The zero-order valence-corrected chi connectivity index (χ0v) is 13.0. The van der Waals surface area contributed by atoms with E-state index >= 15 is 0 Å². The molecule has 19 heavy (non-hydrogen) atoms. The van der Waals surface area contributed by atoms with Crippen LogP contribution in [0.1, 0.15) is 38.1 Å². The van der Waals surface area contributed by atoms with Crippen molar-refractivity contribution in [3.63, 3.8) is 0 Å². The van der Waals surface area contributed by atoms with Gasteiger partial charge in [-0.2, -0.15) is 5.10 Å². The maximum absolute atomic E-state index is 6.42. The van der Waals surface area contributed by atoms with Crippen LogP contribution in [-0.2, 0) is 13.1 Å². The molecule has 1 aromatic rings. The molecule has 1 N–H and O–H groups in total. The summed E-state index contributed by atoms with van der Waals surface area (Å²) in [5.41, 5.74) is 2.11. The van der Waals surface area contributed by atoms with E-state index in [1.54, 1.807) is 0 Å². The van der Waals surface area contributed by atoms with E-state index in [4.69, 9.17) is 11.6 Å². The molecule has 0 amide bonds. The van der Waals surface area contributed by atoms with Crippen LogP contribution < -0.4 is 5.32 Å². The summed E-state index contributed by atoms with van der Waals surface area (Å²) in [5, 5.41) is 8.80. The zero-order chi connectivity index (χ0) is 13.8. The minimum absolute atomic E-state index is 0.636. The van der Waals surface area contributed by atoms with E-state index in [1.165, 1.54) is 18.5 Å². The summed E-state index contributed by atoms with van der Waals surface area (Å²) in [5.74, 6) is 0. The van der Waals surface area contributed by atoms with Crippen LogP contribution in [0.5, 0.6) is 0 Å². The van der Waals surface area contributed by atoms with E-state index in [-0.39, 0.29) is 0 Å². The molecule has 2 rings (SSSR count). The number of halogens is 1. The third kappa shape index (κ3) is 3.30. The lowest BCUT2D eigenvalue weighted by molar-refractivity contribution is 0.194. The first kappa shape index (κ1) is 14.8. The fourth-order valence-electron chi connectivity index (χ4n) is 2.84. The summed E-state index contributed by atoms with van der Waals surface area (Å²) in [4.78, 5) is 2.55. The van der Waals surface area contributed by atoms with Crippen LogP contribution in [0.15, 0.2) is 0 Å². The number of hydrogen-bond donors (Lipinski definition) is 1. The molecular weight excluding hydrogens is 260 g/mol. The molecule has 0 bridgehead atoms. The summed E-state index contributed by atoms with van der Waals surface area (Å²) < 4.78 is 2.04. The number of nitrogens with one attached hydrogen (secondary N) is 1. The molecule has 1 aliphatic heterocycles. The smallest absolute Gasteiger partial charge is 0.0860 e. The normalized spacial score (nSPS) is 19.5. The zero-order valence-electron chi connectivity index (χ0n) is 12.2. The van der Waals surface area contributed by atoms with E-state index in [0.29, 0.717) is 6.04 Å². The standard InChI is InChI=1S/C14H25ClN4/c1-4-8-18(12-6-7-16-9-12)10-13-14(15)11(3)17-19(13)5-2/h12,16H,4-10H2,1-3H3. The molecule has 5 heteroatoms. The number of hydrogen-bond acceptors (Lipinski definition) is 3. The number of nitrogens with zero attached hydrogens (tertiary/aromatic N) is 3. The molecule has 0 saturated carbocycles. The highest BCUT2D eigenvalue weighted by atomic mass is 35.5. The maximum Gasteiger partial charge on any atom is 0.0860 e. The van der Waals surface area contributed by atoms with Crippen LogP contribution in [0.2, 0.25) is 5.02 Å². The number of aryl methyl sites for hydroxylation is 2. The van der Waals surface area contributed by atoms with Gasteiger partial charge in [0.05, 0.1) is 16.4 Å². The van der Waals surface area contributed by atoms with Gasteiger partial charge in [-0.3, -0.25) is 9.58 Å². The van der Waals surface area contributed by atoms with Gasteiger partial charge in [-0.25, -0.2) is 0 Å². The second-order valence-electron chi connectivity index (χ2n) is 5.28. The van der Waals surface area contributed by atoms with Crippen molar-refractivity contribution in [2.45, 2.75) is 52.7 Å². The lowest BCUT2D eigenvalue weighted by Gasteiger charge is -2.28. The molecule has 0 aromatic carbocycles. The Morgan fingerprint density at radius 2 is 2.26 bits per heavy atom. The average molecular weight is 285 g/mol. The Balaban J connectivity index is 2.16. The highest BCUT2D eigenvalue weighted by molar-refractivity contribution is 6.31. The first-order valence-corrected chi connectivity index (χ1v) is 7.71. The van der Waals surface area contributed by atoms with Gasteiger partial charge in [-0.15, -0.1) is 0 Å². The van der Waals surface area contributed by atoms with Gasteiger partial charge in [0.25, 0.3) is 0 Å². The number of aromatic nitrogens is 2. The molecule has 4 nitrogen and oxygen atoms in total. The van der Waals surface area contributed by atoms with E-state index in [1.807, 2.05) is 11.6 Å². The van der Waals surface area contributed by atoms with Crippen LogP contribution in [-0.4, -0.2) is 40.4 Å². The minimum Gasteiger partial charge on any atom is -0.315 e. The quantitative estimate of drug-likeness (QED) is 0.871. The molecule has 1 aliphatic rings. The van der Waals surface area contributed by atoms with Crippen molar-refractivity contribution in [3.05, 3.63) is 16.4 Å². The summed E-state index contributed by atoms with van der Waals surface area (Å²) in [6, 6.07) is 0.636. The summed E-state index contributed by atoms with van der Waals surface area (Å²) in [6.07, 6.45) is 2.41. The van der Waals surface area contributed by atoms with Crippen molar-refractivity contribution < 1.29 is 0 Å². The summed E-state index contributed by atoms with van der Waals surface area (Å²) in [6.45, 7) is 11.5. The van der Waals surface area contributed by atoms with Crippen LogP contribution >= 0.6 is 11.6 Å². The molecule has 1 atom stereocenters. The Morgan fingerprint density at radius 1 is 1.47 bits per heavy atom. The van der Waals surface area contributed by atoms with Gasteiger partial charge < -0.3 is 5.32 Å². The maximum atomic E-state index is 6.42. The number of rotatable bonds is 6. The minimum atomic E-state index is 0.636. The van der Waals surface area contributed by atoms with Gasteiger partial charge >= 0.3 is 0 Å². The van der Waals surface area contributed by atoms with Gasteiger partial charge in [-0.05, 0) is 39.8 Å². The van der Waals surface area contributed by atoms with Crippen molar-refractivity contribution in [1.29, 1.82) is 0 Å². The van der Waals surface area contributed by atoms with E-state index in [0.717, 1.165) is 43.4 Å². The van der Waals surface area contributed by atoms with Crippen LogP contribution in [0.25, 0.3) is 0 Å². The Labute approximate surface area is 121 Å². The van der Waals surface area contributed by atoms with Gasteiger partial charge in [0.15, 0.2) is 0 Å². The predicted molar refractivity (Wildman–Crippen MR) is 79.6 cm³/mol. The van der Waals surface area contributed by atoms with E-state index in [2.05, 4.69) is 29.2 Å². The molecular formula is C14H25ClN4. The molecule has 0 radical (unpaired) electrons. The van der Waals surface area contributed by atoms with Gasteiger partial charge in [0.1, 0.15) is 0 Å². The van der Waals surface area contributed by atoms with Crippen molar-refractivity contribution in [3.8, 4) is 0 Å². The lowest BCUT2D eigenvalue weighted by Crippen LogP contribution is -2.37. The van der Waals surface area contributed by atoms with Crippen molar-refractivity contribution in [1.82, 2.24) is 20.0 Å². The van der Waals surface area contributed by atoms with Gasteiger partial charge in [0.2, 0.25) is 0 Å². The highest BCUT2D eigenvalue weighted by Gasteiger charge is 2.24. The molecule has 1 aromatic heterocycles. The van der Waals surface area contributed by atoms with Gasteiger partial charge in [0, 0.05) is 25.7 Å². The fourth-order valence-corrected chi connectivity index (χ4v) is 3.04.